The number of amides is 1. The van der Waals surface area contributed by atoms with Gasteiger partial charge >= 0.3 is 0 Å². The molecular formula is C27H41F2N3O3. The molecule has 0 heterocycles. The molecule has 2 rings (SSSR count). The summed E-state index contributed by atoms with van der Waals surface area (Å²) in [4.78, 5) is 32.3. The lowest BCUT2D eigenvalue weighted by Gasteiger charge is -2.27. The second kappa shape index (κ2) is 17.4. The second-order valence-corrected chi connectivity index (χ2v) is 7.70. The number of rotatable bonds is 10. The fraction of sp³-hybridized carbons (Fsp3) is 0.519. The number of likely N-dealkylation sites (N-methyl/N-ethyl adjacent to an activating group) is 2. The number of Topliss-reactive ketones (excluding diaryl/α,β-unsaturated/α-hetero) is 1. The normalized spacial score (nSPS) is 14.5. The van der Waals surface area contributed by atoms with E-state index in [-0.39, 0.29) is 35.9 Å². The second-order valence-electron chi connectivity index (χ2n) is 7.70. The summed E-state index contributed by atoms with van der Waals surface area (Å²) < 4.78 is 30.3. The molecule has 8 heteroatoms. The third-order valence-electron chi connectivity index (χ3n) is 4.95. The van der Waals surface area contributed by atoms with E-state index in [2.05, 4.69) is 11.6 Å². The van der Waals surface area contributed by atoms with Crippen LogP contribution in [0.15, 0.2) is 47.3 Å². The minimum absolute atomic E-state index is 0.0825. The Bertz CT molecular complexity index is 882. The SMILES string of the molecule is C=CCF.CC.CCN=C/C(=C(/OC1Cc2ccc(F)cc2C1)C(C)=O)N(CC)CC(=O)N(C)C. The predicted octanol–water partition coefficient (Wildman–Crippen LogP) is 4.78. The van der Waals surface area contributed by atoms with Crippen molar-refractivity contribution in [3.8, 4) is 0 Å². The van der Waals surface area contributed by atoms with Crippen LogP contribution in [-0.2, 0) is 27.2 Å². The third kappa shape index (κ3) is 10.8. The van der Waals surface area contributed by atoms with Crippen LogP contribution >= 0.6 is 0 Å². The van der Waals surface area contributed by atoms with Gasteiger partial charge in [-0.25, -0.2) is 8.78 Å². The smallest absolute Gasteiger partial charge is 0.241 e. The van der Waals surface area contributed by atoms with Crippen LogP contribution < -0.4 is 0 Å². The zero-order valence-electron chi connectivity index (χ0n) is 22.2. The molecule has 0 N–H and O–H groups in total. The average molecular weight is 494 g/mol. The van der Waals surface area contributed by atoms with Crippen LogP contribution in [0.2, 0.25) is 0 Å². The Morgan fingerprint density at radius 1 is 1.20 bits per heavy atom. The van der Waals surface area contributed by atoms with E-state index in [4.69, 9.17) is 4.74 Å². The molecule has 6 nitrogen and oxygen atoms in total. The van der Waals surface area contributed by atoms with Gasteiger partial charge in [-0.15, -0.1) is 6.58 Å². The Morgan fingerprint density at radius 3 is 2.29 bits per heavy atom. The number of ketones is 1. The maximum absolute atomic E-state index is 13.5. The number of nitrogens with zero attached hydrogens (tertiary/aromatic N) is 3. The molecule has 0 radical (unpaired) electrons. The summed E-state index contributed by atoms with van der Waals surface area (Å²) in [6.07, 6.45) is 3.68. The standard InChI is InChI=1S/C22H30FN3O3.C3H5F.C2H6/c1-6-24-13-20(26(7-2)14-21(28)25(4)5)22(15(3)27)29-19-11-16-8-9-18(23)10-17(16)12-19;1-2-3-4;1-2/h8-10,13,19H,6-7,11-12,14H2,1-5H3;2H,1,3H2;1-2H3/b22-20-,24-13?;;. The van der Waals surface area contributed by atoms with Gasteiger partial charge in [0.1, 0.15) is 24.3 Å². The van der Waals surface area contributed by atoms with Crippen molar-refractivity contribution < 1.29 is 23.1 Å². The van der Waals surface area contributed by atoms with E-state index in [9.17, 15) is 18.4 Å². The summed E-state index contributed by atoms with van der Waals surface area (Å²) in [6.45, 7) is 13.1. The third-order valence-corrected chi connectivity index (χ3v) is 4.95. The zero-order chi connectivity index (χ0) is 27.0. The lowest BCUT2D eigenvalue weighted by atomic mass is 10.1. The van der Waals surface area contributed by atoms with Crippen molar-refractivity contribution in [3.05, 3.63) is 59.3 Å². The summed E-state index contributed by atoms with van der Waals surface area (Å²) in [7, 11) is 3.38. The molecule has 0 saturated heterocycles. The molecule has 1 aromatic carbocycles. The molecule has 1 amide bonds. The van der Waals surface area contributed by atoms with Gasteiger partial charge in [-0.2, -0.15) is 0 Å². The number of aliphatic imine (C=N–C) groups is 1. The van der Waals surface area contributed by atoms with Gasteiger partial charge in [-0.05, 0) is 37.1 Å². The number of carbonyl (C=O) groups excluding carboxylic acids is 2. The Kier molecular flexibility index (Phi) is 15.9. The first kappa shape index (κ1) is 32.0. The van der Waals surface area contributed by atoms with Crippen molar-refractivity contribution in [2.45, 2.75) is 53.6 Å². The van der Waals surface area contributed by atoms with Crippen LogP contribution in [0.4, 0.5) is 8.78 Å². The molecule has 0 saturated carbocycles. The molecule has 196 valence electrons. The molecule has 1 aromatic rings. The maximum Gasteiger partial charge on any atom is 0.241 e. The molecule has 0 spiro atoms. The van der Waals surface area contributed by atoms with Crippen molar-refractivity contribution in [1.82, 2.24) is 9.80 Å². The first-order valence-corrected chi connectivity index (χ1v) is 12.0. The number of alkyl halides is 1. The van der Waals surface area contributed by atoms with Crippen LogP contribution in [0.25, 0.3) is 0 Å². The lowest BCUT2D eigenvalue weighted by Crippen LogP contribution is -2.38. The number of allylic oxidation sites excluding steroid dienone is 3. The van der Waals surface area contributed by atoms with Gasteiger partial charge in [0.15, 0.2) is 11.5 Å². The largest absolute Gasteiger partial charge is 0.484 e. The minimum Gasteiger partial charge on any atom is -0.484 e. The number of halogens is 2. The van der Waals surface area contributed by atoms with Crippen molar-refractivity contribution in [1.29, 1.82) is 0 Å². The number of hydrogen-bond donors (Lipinski definition) is 0. The fourth-order valence-corrected chi connectivity index (χ4v) is 3.25. The van der Waals surface area contributed by atoms with Gasteiger partial charge in [0.2, 0.25) is 5.91 Å². The number of benzene rings is 1. The topological polar surface area (TPSA) is 62.2 Å². The first-order chi connectivity index (χ1) is 16.7. The van der Waals surface area contributed by atoms with Gasteiger partial charge in [0.05, 0.1) is 6.54 Å². The van der Waals surface area contributed by atoms with Crippen molar-refractivity contribution in [3.63, 3.8) is 0 Å². The summed E-state index contributed by atoms with van der Waals surface area (Å²) in [6, 6.07) is 4.72. The summed E-state index contributed by atoms with van der Waals surface area (Å²) in [5.74, 6) is -0.405. The highest BCUT2D eigenvalue weighted by molar-refractivity contribution is 5.98. The Labute approximate surface area is 209 Å². The molecule has 0 fully saturated rings. The van der Waals surface area contributed by atoms with E-state index in [0.717, 1.165) is 11.1 Å². The van der Waals surface area contributed by atoms with E-state index in [1.165, 1.54) is 30.0 Å². The van der Waals surface area contributed by atoms with Crippen molar-refractivity contribution in [2.24, 2.45) is 4.99 Å². The average Bonchev–Trinajstić information content (AvgIpc) is 3.25. The zero-order valence-corrected chi connectivity index (χ0v) is 22.2. The van der Waals surface area contributed by atoms with E-state index in [0.29, 0.717) is 31.6 Å². The lowest BCUT2D eigenvalue weighted by molar-refractivity contribution is -0.129. The molecule has 1 aliphatic rings. The molecule has 1 atom stereocenters. The summed E-state index contributed by atoms with van der Waals surface area (Å²) >= 11 is 0. The number of fused-ring (bicyclic) bond motifs is 1. The predicted molar refractivity (Wildman–Crippen MR) is 139 cm³/mol. The maximum atomic E-state index is 13.5. The van der Waals surface area contributed by atoms with Crippen LogP contribution in [0.5, 0.6) is 0 Å². The van der Waals surface area contributed by atoms with Gasteiger partial charge in [-0.1, -0.05) is 26.0 Å². The van der Waals surface area contributed by atoms with Crippen LogP contribution in [-0.4, -0.2) is 74.2 Å². The number of hydrogen-bond acceptors (Lipinski definition) is 5. The van der Waals surface area contributed by atoms with E-state index in [1.54, 1.807) is 31.3 Å². The van der Waals surface area contributed by atoms with E-state index in [1.807, 2.05) is 27.7 Å². The van der Waals surface area contributed by atoms with Crippen molar-refractivity contribution in [2.75, 3.05) is 40.4 Å². The molecule has 0 aliphatic heterocycles. The summed E-state index contributed by atoms with van der Waals surface area (Å²) in [5, 5.41) is 0. The van der Waals surface area contributed by atoms with Crippen LogP contribution in [0.1, 0.15) is 45.7 Å². The fourth-order valence-electron chi connectivity index (χ4n) is 3.25. The van der Waals surface area contributed by atoms with E-state index >= 15 is 0 Å². The molecular weight excluding hydrogens is 452 g/mol. The highest BCUT2D eigenvalue weighted by atomic mass is 19.1. The van der Waals surface area contributed by atoms with Crippen LogP contribution in [0, 0.1) is 5.82 Å². The molecule has 1 unspecified atom stereocenters. The highest BCUT2D eigenvalue weighted by Crippen LogP contribution is 2.27. The minimum atomic E-state index is -0.417. The van der Waals surface area contributed by atoms with Gasteiger partial charge < -0.3 is 14.5 Å². The summed E-state index contributed by atoms with van der Waals surface area (Å²) in [5.41, 5.74) is 2.43. The van der Waals surface area contributed by atoms with Gasteiger partial charge in [0.25, 0.3) is 0 Å². The number of ether oxygens (including phenoxy) is 1. The Balaban J connectivity index is 0.00000174. The van der Waals surface area contributed by atoms with Gasteiger partial charge in [0, 0.05) is 53.2 Å². The molecule has 35 heavy (non-hydrogen) atoms. The first-order valence-electron chi connectivity index (χ1n) is 12.0. The van der Waals surface area contributed by atoms with Gasteiger partial charge in [-0.3, -0.25) is 14.6 Å². The number of carbonyl (C=O) groups is 2. The van der Waals surface area contributed by atoms with Crippen molar-refractivity contribution >= 4 is 17.9 Å². The molecule has 1 aliphatic carbocycles. The Hall–Kier alpha value is -3.03. The molecule has 0 bridgehead atoms. The highest BCUT2D eigenvalue weighted by Gasteiger charge is 2.28. The Morgan fingerprint density at radius 2 is 1.80 bits per heavy atom. The molecule has 0 aromatic heterocycles. The van der Waals surface area contributed by atoms with E-state index < -0.39 is 6.67 Å². The quantitative estimate of drug-likeness (QED) is 0.204. The van der Waals surface area contributed by atoms with Crippen LogP contribution in [0.3, 0.4) is 0 Å². The monoisotopic (exact) mass is 493 g/mol.